The van der Waals surface area contributed by atoms with Gasteiger partial charge in [0.15, 0.2) is 0 Å². The van der Waals surface area contributed by atoms with E-state index < -0.39 is 0 Å². The Balaban J connectivity index is 1.44. The quantitative estimate of drug-likeness (QED) is 0.749. The van der Waals surface area contributed by atoms with E-state index in [0.29, 0.717) is 54.7 Å². The van der Waals surface area contributed by atoms with Crippen LogP contribution in [0.5, 0.6) is 0 Å². The summed E-state index contributed by atoms with van der Waals surface area (Å²) in [6.45, 7) is 8.55. The van der Waals surface area contributed by atoms with Crippen LogP contribution in [0.3, 0.4) is 0 Å². The third kappa shape index (κ3) is 3.76. The summed E-state index contributed by atoms with van der Waals surface area (Å²) in [6.07, 6.45) is 1.11. The highest BCUT2D eigenvalue weighted by Gasteiger charge is 2.44. The van der Waals surface area contributed by atoms with E-state index in [-0.39, 0.29) is 35.9 Å². The maximum atomic E-state index is 12.7. The van der Waals surface area contributed by atoms with Gasteiger partial charge in [-0.1, -0.05) is 19.0 Å². The van der Waals surface area contributed by atoms with Gasteiger partial charge in [-0.05, 0) is 20.3 Å². The molecule has 0 unspecified atom stereocenters. The van der Waals surface area contributed by atoms with Crippen LogP contribution in [0.1, 0.15) is 59.8 Å². The van der Waals surface area contributed by atoms with E-state index >= 15 is 0 Å². The number of nitrogens with zero attached hydrogens (tertiary/aromatic N) is 4. The number of carbonyl (C=O) groups excluding carboxylic acids is 2. The fourth-order valence-electron chi connectivity index (χ4n) is 4.12. The van der Waals surface area contributed by atoms with E-state index in [1.807, 2.05) is 13.8 Å². The molecule has 10 heteroatoms. The molecule has 29 heavy (non-hydrogen) atoms. The molecule has 0 aromatic carbocycles. The highest BCUT2D eigenvalue weighted by atomic mass is 16.5. The first kappa shape index (κ1) is 19.6. The lowest BCUT2D eigenvalue weighted by Gasteiger charge is -2.36. The minimum Gasteiger partial charge on any atom is -0.425 e. The van der Waals surface area contributed by atoms with E-state index in [9.17, 15) is 9.59 Å². The average molecular weight is 402 g/mol. The summed E-state index contributed by atoms with van der Waals surface area (Å²) in [7, 11) is 0. The minimum atomic E-state index is -0.281. The molecule has 2 fully saturated rings. The van der Waals surface area contributed by atoms with Crippen LogP contribution in [-0.4, -0.2) is 63.3 Å². The van der Waals surface area contributed by atoms with E-state index in [4.69, 9.17) is 8.94 Å². The lowest BCUT2D eigenvalue weighted by molar-refractivity contribution is -0.129. The Morgan fingerprint density at radius 3 is 2.79 bits per heavy atom. The number of fused-ring (bicyclic) bond motifs is 1. The van der Waals surface area contributed by atoms with Crippen LogP contribution in [0.15, 0.2) is 8.94 Å². The van der Waals surface area contributed by atoms with Crippen LogP contribution in [0.4, 0.5) is 0 Å². The van der Waals surface area contributed by atoms with E-state index in [1.165, 1.54) is 0 Å². The van der Waals surface area contributed by atoms with Crippen molar-refractivity contribution in [2.45, 2.75) is 64.6 Å². The summed E-state index contributed by atoms with van der Waals surface area (Å²) >= 11 is 0. The molecule has 4 heterocycles. The van der Waals surface area contributed by atoms with Crippen molar-refractivity contribution in [1.82, 2.24) is 30.9 Å². The summed E-state index contributed by atoms with van der Waals surface area (Å²) in [5, 5.41) is 18.1. The number of piperazine rings is 1. The molecular formula is C19H26N6O4. The smallest absolute Gasteiger partial charge is 0.257 e. The number of aryl methyl sites for hydroxylation is 2. The molecule has 2 aromatic heterocycles. The summed E-state index contributed by atoms with van der Waals surface area (Å²) in [4.78, 5) is 27.2. The average Bonchev–Trinajstić information content (AvgIpc) is 3.37. The Morgan fingerprint density at radius 2 is 2.14 bits per heavy atom. The number of hydrogen-bond donors (Lipinski definition) is 2. The van der Waals surface area contributed by atoms with Crippen molar-refractivity contribution in [3.05, 3.63) is 28.8 Å². The maximum absolute atomic E-state index is 12.7. The zero-order valence-corrected chi connectivity index (χ0v) is 17.1. The zero-order valence-electron chi connectivity index (χ0n) is 17.1. The Bertz CT molecular complexity index is 900. The molecule has 2 aliphatic rings. The number of rotatable bonds is 5. The zero-order chi connectivity index (χ0) is 20.7. The van der Waals surface area contributed by atoms with E-state index in [0.717, 1.165) is 0 Å². The Morgan fingerprint density at radius 1 is 1.34 bits per heavy atom. The first-order chi connectivity index (χ1) is 13.8. The number of aromatic nitrogens is 3. The van der Waals surface area contributed by atoms with E-state index in [2.05, 4.69) is 30.9 Å². The summed E-state index contributed by atoms with van der Waals surface area (Å²) in [6, 6.07) is -0.378. The number of hydrogen-bond acceptors (Lipinski definition) is 8. The molecule has 0 aliphatic carbocycles. The number of amides is 2. The molecule has 4 rings (SSSR count). The second-order valence-electron chi connectivity index (χ2n) is 8.11. The standard InChI is InChI=1S/C19H26N6O4/c1-9(2)19-23-22-15(28-19)6-13-7-20-17(26)14-5-12(8-25(13)14)21-18(27)16-10(3)24-29-11(16)4/h9,12-14H,5-8H2,1-4H3,(H,20,26)(H,21,27)/t12-,13+,14-/m0/s1. The number of nitrogens with one attached hydrogen (secondary N) is 2. The van der Waals surface area contributed by atoms with Gasteiger partial charge in [0.2, 0.25) is 17.7 Å². The second-order valence-corrected chi connectivity index (χ2v) is 8.11. The predicted molar refractivity (Wildman–Crippen MR) is 101 cm³/mol. The first-order valence-corrected chi connectivity index (χ1v) is 9.93. The van der Waals surface area contributed by atoms with Crippen molar-refractivity contribution in [3.63, 3.8) is 0 Å². The van der Waals surface area contributed by atoms with Gasteiger partial charge in [-0.15, -0.1) is 10.2 Å². The monoisotopic (exact) mass is 402 g/mol. The topological polar surface area (TPSA) is 126 Å². The van der Waals surface area contributed by atoms with Gasteiger partial charge < -0.3 is 19.6 Å². The summed E-state index contributed by atoms with van der Waals surface area (Å²) in [5.74, 6) is 1.61. The van der Waals surface area contributed by atoms with Gasteiger partial charge in [-0.3, -0.25) is 14.5 Å². The summed E-state index contributed by atoms with van der Waals surface area (Å²) < 4.78 is 10.8. The predicted octanol–water partition coefficient (Wildman–Crippen LogP) is 0.712. The molecule has 0 saturated carbocycles. The molecule has 0 bridgehead atoms. The maximum Gasteiger partial charge on any atom is 0.257 e. The van der Waals surface area contributed by atoms with Gasteiger partial charge in [0.05, 0.1) is 11.7 Å². The van der Waals surface area contributed by atoms with Gasteiger partial charge in [-0.2, -0.15) is 0 Å². The molecule has 0 radical (unpaired) electrons. The molecule has 2 N–H and O–H groups in total. The van der Waals surface area contributed by atoms with Crippen molar-refractivity contribution in [2.24, 2.45) is 0 Å². The van der Waals surface area contributed by atoms with Crippen LogP contribution in [0, 0.1) is 13.8 Å². The van der Waals surface area contributed by atoms with Crippen molar-refractivity contribution >= 4 is 11.8 Å². The van der Waals surface area contributed by atoms with Crippen molar-refractivity contribution in [3.8, 4) is 0 Å². The van der Waals surface area contributed by atoms with Gasteiger partial charge in [0.25, 0.3) is 5.91 Å². The lowest BCUT2D eigenvalue weighted by Crippen LogP contribution is -2.58. The van der Waals surface area contributed by atoms with Gasteiger partial charge in [0.1, 0.15) is 11.3 Å². The normalized spacial score (nSPS) is 24.6. The number of carbonyl (C=O) groups is 2. The molecule has 156 valence electrons. The molecule has 2 amide bonds. The SMILES string of the molecule is Cc1noc(C)c1C(=O)N[C@H]1C[C@H]2C(=O)NC[C@@H](Cc3nnc(C(C)C)o3)N2C1. The largest absolute Gasteiger partial charge is 0.425 e. The highest BCUT2D eigenvalue weighted by Crippen LogP contribution is 2.26. The molecule has 2 aromatic rings. The minimum absolute atomic E-state index is 0.0104. The van der Waals surface area contributed by atoms with Crippen molar-refractivity contribution < 1.29 is 18.5 Å². The summed E-state index contributed by atoms with van der Waals surface area (Å²) in [5.41, 5.74) is 1.02. The highest BCUT2D eigenvalue weighted by molar-refractivity contribution is 5.96. The van der Waals surface area contributed by atoms with Gasteiger partial charge >= 0.3 is 0 Å². The Labute approximate surface area is 168 Å². The van der Waals surface area contributed by atoms with Gasteiger partial charge in [0, 0.05) is 37.5 Å². The van der Waals surface area contributed by atoms with Crippen molar-refractivity contribution in [2.75, 3.05) is 13.1 Å². The lowest BCUT2D eigenvalue weighted by atomic mass is 10.1. The van der Waals surface area contributed by atoms with E-state index in [1.54, 1.807) is 13.8 Å². The fourth-order valence-corrected chi connectivity index (χ4v) is 4.12. The molecular weight excluding hydrogens is 376 g/mol. The first-order valence-electron chi connectivity index (χ1n) is 9.93. The molecule has 0 spiro atoms. The fraction of sp³-hybridized carbons (Fsp3) is 0.632. The van der Waals surface area contributed by atoms with Crippen LogP contribution in [0.2, 0.25) is 0 Å². The van der Waals surface area contributed by atoms with Crippen LogP contribution < -0.4 is 10.6 Å². The third-order valence-electron chi connectivity index (χ3n) is 5.61. The van der Waals surface area contributed by atoms with Crippen molar-refractivity contribution in [1.29, 1.82) is 0 Å². The molecule has 2 aliphatic heterocycles. The molecule has 3 atom stereocenters. The Hall–Kier alpha value is -2.75. The second kappa shape index (κ2) is 7.58. The van der Waals surface area contributed by atoms with Crippen LogP contribution >= 0.6 is 0 Å². The Kier molecular flexibility index (Phi) is 5.12. The molecule has 2 saturated heterocycles. The third-order valence-corrected chi connectivity index (χ3v) is 5.61. The van der Waals surface area contributed by atoms with Crippen LogP contribution in [-0.2, 0) is 11.2 Å². The van der Waals surface area contributed by atoms with Gasteiger partial charge in [-0.25, -0.2) is 0 Å². The van der Waals surface area contributed by atoms with Crippen LogP contribution in [0.25, 0.3) is 0 Å². The molecule has 10 nitrogen and oxygen atoms in total.